The Hall–Kier alpha value is -3.08. The molecule has 0 aliphatic carbocycles. The van der Waals surface area contributed by atoms with E-state index in [1.165, 1.54) is 6.08 Å². The lowest BCUT2D eigenvalue weighted by atomic mass is 10.2. The fraction of sp³-hybridized carbons (Fsp3) is 0. The molecule has 0 aliphatic rings. The van der Waals surface area contributed by atoms with Gasteiger partial charge in [-0.05, 0) is 35.9 Å². The van der Waals surface area contributed by atoms with Gasteiger partial charge in [-0.15, -0.1) is 0 Å². The number of nitrogens with one attached hydrogen (secondary N) is 2. The monoisotopic (exact) mass is 279 g/mol. The topological polar surface area (TPSA) is 78.0 Å². The number of aromatic amines is 1. The summed E-state index contributed by atoms with van der Waals surface area (Å²) >= 11 is 0. The highest BCUT2D eigenvalue weighted by atomic mass is 16.3. The van der Waals surface area contributed by atoms with E-state index >= 15 is 0 Å². The fourth-order valence-electron chi connectivity index (χ4n) is 1.93. The van der Waals surface area contributed by atoms with Crippen LogP contribution in [0, 0.1) is 0 Å². The number of phenolic OH excluding ortho intramolecular Hbond substituents is 1. The Bertz CT molecular complexity index is 771. The van der Waals surface area contributed by atoms with Crippen molar-refractivity contribution in [1.29, 1.82) is 0 Å². The predicted molar refractivity (Wildman–Crippen MR) is 81.9 cm³/mol. The summed E-state index contributed by atoms with van der Waals surface area (Å²) in [5.74, 6) is 0.331. The van der Waals surface area contributed by atoms with Gasteiger partial charge in [-0.25, -0.2) is 4.98 Å². The Balaban J connectivity index is 1.69. The number of aromatic hydroxyl groups is 1. The maximum absolute atomic E-state index is 11.8. The molecule has 0 fully saturated rings. The van der Waals surface area contributed by atoms with Gasteiger partial charge in [-0.2, -0.15) is 0 Å². The van der Waals surface area contributed by atoms with E-state index in [0.717, 1.165) is 16.6 Å². The summed E-state index contributed by atoms with van der Waals surface area (Å²) in [5, 5.41) is 11.9. The van der Waals surface area contributed by atoms with Gasteiger partial charge in [0.15, 0.2) is 0 Å². The summed E-state index contributed by atoms with van der Waals surface area (Å²) in [5.41, 5.74) is 2.50. The normalized spacial score (nSPS) is 11.0. The van der Waals surface area contributed by atoms with Gasteiger partial charge in [0.2, 0.25) is 5.95 Å². The Morgan fingerprint density at radius 3 is 2.67 bits per heavy atom. The lowest BCUT2D eigenvalue weighted by Gasteiger charge is -1.96. The second kappa shape index (κ2) is 5.50. The van der Waals surface area contributed by atoms with Crippen LogP contribution in [0.5, 0.6) is 5.75 Å². The molecule has 0 unspecified atom stereocenters. The molecule has 104 valence electrons. The lowest BCUT2D eigenvalue weighted by molar-refractivity contribution is -0.111. The highest BCUT2D eigenvalue weighted by Gasteiger charge is 2.03. The standard InChI is InChI=1S/C16H13N3O2/c20-12-8-5-11(6-9-12)7-10-15(21)19-16-17-13-3-1-2-4-14(13)18-16/h1-10,20H,(H2,17,18,19,21). The zero-order valence-corrected chi connectivity index (χ0v) is 11.1. The maximum atomic E-state index is 11.8. The third-order valence-corrected chi connectivity index (χ3v) is 2.95. The zero-order valence-electron chi connectivity index (χ0n) is 11.1. The van der Waals surface area contributed by atoms with Crippen molar-refractivity contribution in [1.82, 2.24) is 9.97 Å². The first-order chi connectivity index (χ1) is 10.2. The number of phenols is 1. The van der Waals surface area contributed by atoms with E-state index in [2.05, 4.69) is 15.3 Å². The smallest absolute Gasteiger partial charge is 0.250 e. The summed E-state index contributed by atoms with van der Waals surface area (Å²) in [6.07, 6.45) is 3.08. The first-order valence-electron chi connectivity index (χ1n) is 6.43. The molecule has 0 saturated carbocycles. The fourth-order valence-corrected chi connectivity index (χ4v) is 1.93. The third-order valence-electron chi connectivity index (χ3n) is 2.95. The number of anilines is 1. The zero-order chi connectivity index (χ0) is 14.7. The van der Waals surface area contributed by atoms with Gasteiger partial charge in [-0.1, -0.05) is 24.3 Å². The summed E-state index contributed by atoms with van der Waals surface area (Å²) in [6.45, 7) is 0. The van der Waals surface area contributed by atoms with Crippen LogP contribution < -0.4 is 5.32 Å². The second-order valence-corrected chi connectivity index (χ2v) is 4.52. The van der Waals surface area contributed by atoms with Gasteiger partial charge < -0.3 is 10.1 Å². The molecule has 5 nitrogen and oxygen atoms in total. The highest BCUT2D eigenvalue weighted by Crippen LogP contribution is 2.14. The van der Waals surface area contributed by atoms with Crippen LogP contribution in [0.4, 0.5) is 5.95 Å². The molecular weight excluding hydrogens is 266 g/mol. The summed E-state index contributed by atoms with van der Waals surface area (Å²) in [6, 6.07) is 14.1. The van der Waals surface area contributed by atoms with Crippen molar-refractivity contribution in [3.63, 3.8) is 0 Å². The molecule has 0 radical (unpaired) electrons. The number of para-hydroxylation sites is 2. The van der Waals surface area contributed by atoms with Crippen LogP contribution in [-0.4, -0.2) is 21.0 Å². The van der Waals surface area contributed by atoms with Crippen molar-refractivity contribution in [3.05, 3.63) is 60.2 Å². The molecular formula is C16H13N3O2. The average molecular weight is 279 g/mol. The number of fused-ring (bicyclic) bond motifs is 1. The molecule has 3 rings (SSSR count). The van der Waals surface area contributed by atoms with Crippen LogP contribution in [-0.2, 0) is 4.79 Å². The van der Waals surface area contributed by atoms with Crippen LogP contribution >= 0.6 is 0 Å². The number of imidazole rings is 1. The van der Waals surface area contributed by atoms with Gasteiger partial charge in [-0.3, -0.25) is 10.1 Å². The molecule has 3 aromatic rings. The molecule has 2 aromatic carbocycles. The van der Waals surface area contributed by atoms with Crippen LogP contribution in [0.15, 0.2) is 54.6 Å². The first-order valence-corrected chi connectivity index (χ1v) is 6.43. The minimum atomic E-state index is -0.276. The minimum absolute atomic E-state index is 0.193. The van der Waals surface area contributed by atoms with Gasteiger partial charge in [0, 0.05) is 6.08 Å². The van der Waals surface area contributed by atoms with Crippen molar-refractivity contribution in [2.45, 2.75) is 0 Å². The number of benzene rings is 2. The van der Waals surface area contributed by atoms with Gasteiger partial charge in [0.25, 0.3) is 5.91 Å². The molecule has 0 aliphatic heterocycles. The maximum Gasteiger partial charge on any atom is 0.250 e. The molecule has 0 atom stereocenters. The third kappa shape index (κ3) is 3.09. The number of aromatic nitrogens is 2. The Morgan fingerprint density at radius 1 is 1.14 bits per heavy atom. The van der Waals surface area contributed by atoms with Crippen molar-refractivity contribution < 1.29 is 9.90 Å². The van der Waals surface area contributed by atoms with Crippen molar-refractivity contribution in [2.24, 2.45) is 0 Å². The molecule has 0 bridgehead atoms. The number of H-pyrrole nitrogens is 1. The molecule has 21 heavy (non-hydrogen) atoms. The first kappa shape index (κ1) is 12.9. The molecule has 3 N–H and O–H groups in total. The quantitative estimate of drug-likeness (QED) is 0.645. The van der Waals surface area contributed by atoms with Crippen molar-refractivity contribution >= 4 is 29.0 Å². The minimum Gasteiger partial charge on any atom is -0.508 e. The molecule has 1 amide bonds. The Kier molecular flexibility index (Phi) is 3.39. The van der Waals surface area contributed by atoms with E-state index in [9.17, 15) is 9.90 Å². The average Bonchev–Trinajstić information content (AvgIpc) is 2.88. The predicted octanol–water partition coefficient (Wildman–Crippen LogP) is 2.92. The highest BCUT2D eigenvalue weighted by molar-refractivity contribution is 6.01. The number of carbonyl (C=O) groups excluding carboxylic acids is 1. The van der Waals surface area contributed by atoms with E-state index < -0.39 is 0 Å². The SMILES string of the molecule is O=C(C=Cc1ccc(O)cc1)Nc1nc2ccccc2[nH]1. The summed E-state index contributed by atoms with van der Waals surface area (Å²) < 4.78 is 0. The number of amides is 1. The van der Waals surface area contributed by atoms with Gasteiger partial charge >= 0.3 is 0 Å². The van der Waals surface area contributed by atoms with Crippen LogP contribution in [0.25, 0.3) is 17.1 Å². The van der Waals surface area contributed by atoms with Gasteiger partial charge in [0.1, 0.15) is 5.75 Å². The van der Waals surface area contributed by atoms with E-state index in [0.29, 0.717) is 5.95 Å². The lowest BCUT2D eigenvalue weighted by Crippen LogP contribution is -2.08. The second-order valence-electron chi connectivity index (χ2n) is 4.52. The largest absolute Gasteiger partial charge is 0.508 e. The van der Waals surface area contributed by atoms with E-state index in [-0.39, 0.29) is 11.7 Å². The number of hydrogen-bond donors (Lipinski definition) is 3. The molecule has 1 heterocycles. The van der Waals surface area contributed by atoms with Gasteiger partial charge in [0.05, 0.1) is 11.0 Å². The van der Waals surface area contributed by atoms with Crippen LogP contribution in [0.1, 0.15) is 5.56 Å². The van der Waals surface area contributed by atoms with Crippen LogP contribution in [0.3, 0.4) is 0 Å². The molecule has 0 spiro atoms. The van der Waals surface area contributed by atoms with Crippen molar-refractivity contribution in [2.75, 3.05) is 5.32 Å². The Labute approximate surface area is 121 Å². The van der Waals surface area contributed by atoms with E-state index in [1.54, 1.807) is 30.3 Å². The number of nitrogens with zero attached hydrogens (tertiary/aromatic N) is 1. The molecule has 0 saturated heterocycles. The van der Waals surface area contributed by atoms with Crippen LogP contribution in [0.2, 0.25) is 0 Å². The number of carbonyl (C=O) groups is 1. The number of hydrogen-bond acceptors (Lipinski definition) is 3. The molecule has 1 aromatic heterocycles. The Morgan fingerprint density at radius 2 is 1.90 bits per heavy atom. The number of rotatable bonds is 3. The van der Waals surface area contributed by atoms with Crippen molar-refractivity contribution in [3.8, 4) is 5.75 Å². The summed E-state index contributed by atoms with van der Waals surface area (Å²) in [7, 11) is 0. The van der Waals surface area contributed by atoms with E-state index in [1.807, 2.05) is 24.3 Å². The summed E-state index contributed by atoms with van der Waals surface area (Å²) in [4.78, 5) is 19.1. The van der Waals surface area contributed by atoms with E-state index in [4.69, 9.17) is 0 Å². The molecule has 5 heteroatoms.